The van der Waals surface area contributed by atoms with Crippen molar-refractivity contribution in [2.75, 3.05) is 13.7 Å². The Labute approximate surface area is 226 Å². The predicted molar refractivity (Wildman–Crippen MR) is 150 cm³/mol. The van der Waals surface area contributed by atoms with Gasteiger partial charge in [-0.25, -0.2) is 4.68 Å². The molecule has 0 aliphatic carbocycles. The van der Waals surface area contributed by atoms with Crippen molar-refractivity contribution in [3.05, 3.63) is 105 Å². The van der Waals surface area contributed by atoms with Gasteiger partial charge >= 0.3 is 0 Å². The van der Waals surface area contributed by atoms with Crippen LogP contribution >= 0.6 is 11.3 Å². The minimum absolute atomic E-state index is 0.247. The Morgan fingerprint density at radius 3 is 2.64 bits per heavy atom. The quantitative estimate of drug-likeness (QED) is 0.277. The summed E-state index contributed by atoms with van der Waals surface area (Å²) in [5.41, 5.74) is 2.93. The highest BCUT2D eigenvalue weighted by Crippen LogP contribution is 2.29. The number of aromatic nitrogens is 5. The van der Waals surface area contributed by atoms with Gasteiger partial charge in [0.2, 0.25) is 4.96 Å². The summed E-state index contributed by atoms with van der Waals surface area (Å²) in [5.74, 6) is 2.37. The topological polar surface area (TPSA) is 96.7 Å². The van der Waals surface area contributed by atoms with E-state index in [1.807, 2.05) is 73.8 Å². The summed E-state index contributed by atoms with van der Waals surface area (Å²) in [6, 6.07) is 19.1. The minimum Gasteiger partial charge on any atom is -0.493 e. The molecule has 6 rings (SSSR count). The molecule has 0 unspecified atom stereocenters. The second-order valence-electron chi connectivity index (χ2n) is 8.45. The Balaban J connectivity index is 1.33. The average Bonchev–Trinajstić information content (AvgIpc) is 3.75. The van der Waals surface area contributed by atoms with Gasteiger partial charge in [0.1, 0.15) is 5.69 Å². The lowest BCUT2D eigenvalue weighted by atomic mass is 10.2. The standard InChI is InChI=1S/C29H23N5O4S/c1-3-37-22-13-11-19(16-24(22)36-2)12-14-26-30-29-34(31-26)28(35)25(39-29)17-20-18-33(21-8-5-4-6-9-21)32-27(20)23-10-7-15-38-23/h4-18H,3H2,1-2H3/b14-12+,25-17-. The molecule has 2 aromatic carbocycles. The van der Waals surface area contributed by atoms with Gasteiger partial charge in [-0.1, -0.05) is 41.7 Å². The Morgan fingerprint density at radius 1 is 1.03 bits per heavy atom. The van der Waals surface area contributed by atoms with E-state index in [2.05, 4.69) is 10.1 Å². The van der Waals surface area contributed by atoms with E-state index in [9.17, 15) is 4.79 Å². The van der Waals surface area contributed by atoms with Gasteiger partial charge < -0.3 is 13.9 Å². The van der Waals surface area contributed by atoms with E-state index in [0.717, 1.165) is 16.8 Å². The average molecular weight is 538 g/mol. The van der Waals surface area contributed by atoms with Gasteiger partial charge in [-0.15, -0.1) is 5.10 Å². The summed E-state index contributed by atoms with van der Waals surface area (Å²) in [4.78, 5) is 18.3. The third-order valence-corrected chi connectivity index (χ3v) is 6.87. The largest absolute Gasteiger partial charge is 0.493 e. The van der Waals surface area contributed by atoms with Crippen LogP contribution in [0, 0.1) is 0 Å². The fourth-order valence-electron chi connectivity index (χ4n) is 4.10. The summed E-state index contributed by atoms with van der Waals surface area (Å²) >= 11 is 1.27. The molecular weight excluding hydrogens is 514 g/mol. The molecule has 4 aromatic heterocycles. The molecular formula is C29H23N5O4S. The van der Waals surface area contributed by atoms with Crippen molar-refractivity contribution in [3.63, 3.8) is 0 Å². The van der Waals surface area contributed by atoms with Crippen molar-refractivity contribution >= 4 is 34.5 Å². The molecule has 39 heavy (non-hydrogen) atoms. The second kappa shape index (κ2) is 10.4. The van der Waals surface area contributed by atoms with Crippen LogP contribution in [0.1, 0.15) is 23.9 Å². The number of ether oxygens (including phenoxy) is 2. The van der Waals surface area contributed by atoms with Crippen molar-refractivity contribution in [2.24, 2.45) is 0 Å². The van der Waals surface area contributed by atoms with Gasteiger partial charge in [-0.3, -0.25) is 4.79 Å². The number of hydrogen-bond donors (Lipinski definition) is 0. The molecule has 0 saturated carbocycles. The summed E-state index contributed by atoms with van der Waals surface area (Å²) in [5, 5.41) is 9.12. The lowest BCUT2D eigenvalue weighted by molar-refractivity contribution is 0.311. The van der Waals surface area contributed by atoms with Gasteiger partial charge in [0.05, 0.1) is 30.2 Å². The Kier molecular flexibility index (Phi) is 6.52. The number of benzene rings is 2. The molecule has 9 nitrogen and oxygen atoms in total. The number of para-hydroxylation sites is 1. The zero-order valence-electron chi connectivity index (χ0n) is 21.1. The zero-order chi connectivity index (χ0) is 26.8. The van der Waals surface area contributed by atoms with E-state index < -0.39 is 0 Å². The molecule has 0 N–H and O–H groups in total. The molecule has 10 heteroatoms. The van der Waals surface area contributed by atoms with Crippen molar-refractivity contribution in [2.45, 2.75) is 6.92 Å². The summed E-state index contributed by atoms with van der Waals surface area (Å²) in [6.07, 6.45) is 8.90. The molecule has 0 atom stereocenters. The lowest BCUT2D eigenvalue weighted by Crippen LogP contribution is -2.23. The highest BCUT2D eigenvalue weighted by Gasteiger charge is 2.15. The summed E-state index contributed by atoms with van der Waals surface area (Å²) < 4.78 is 20.2. The third kappa shape index (κ3) is 4.85. The molecule has 4 heterocycles. The van der Waals surface area contributed by atoms with Crippen molar-refractivity contribution in [1.29, 1.82) is 0 Å². The van der Waals surface area contributed by atoms with E-state index in [1.165, 1.54) is 15.9 Å². The number of furan rings is 1. The number of thiazole rings is 1. The molecule has 0 radical (unpaired) electrons. The van der Waals surface area contributed by atoms with Crippen LogP contribution in [0.2, 0.25) is 0 Å². The van der Waals surface area contributed by atoms with Crippen LogP contribution in [-0.2, 0) is 0 Å². The van der Waals surface area contributed by atoms with Crippen LogP contribution in [0.25, 0.3) is 40.3 Å². The summed E-state index contributed by atoms with van der Waals surface area (Å²) in [6.45, 7) is 2.48. The molecule has 194 valence electrons. The zero-order valence-corrected chi connectivity index (χ0v) is 22.0. The Bertz CT molecular complexity index is 1890. The highest BCUT2D eigenvalue weighted by atomic mass is 32.1. The summed E-state index contributed by atoms with van der Waals surface area (Å²) in [7, 11) is 1.60. The smallest absolute Gasteiger partial charge is 0.291 e. The number of rotatable bonds is 8. The van der Waals surface area contributed by atoms with E-state index in [0.29, 0.717) is 44.9 Å². The van der Waals surface area contributed by atoms with Crippen LogP contribution < -0.4 is 19.6 Å². The van der Waals surface area contributed by atoms with Crippen LogP contribution in [0.3, 0.4) is 0 Å². The Morgan fingerprint density at radius 2 is 1.90 bits per heavy atom. The van der Waals surface area contributed by atoms with Crippen LogP contribution in [0.5, 0.6) is 11.5 Å². The number of fused-ring (bicyclic) bond motifs is 1. The molecule has 0 spiro atoms. The maximum absolute atomic E-state index is 13.2. The van der Waals surface area contributed by atoms with Gasteiger partial charge in [-0.2, -0.15) is 14.6 Å². The molecule has 0 amide bonds. The van der Waals surface area contributed by atoms with Crippen LogP contribution in [0.15, 0.2) is 82.3 Å². The van der Waals surface area contributed by atoms with Crippen molar-refractivity contribution in [1.82, 2.24) is 24.4 Å². The van der Waals surface area contributed by atoms with E-state index in [-0.39, 0.29) is 5.56 Å². The van der Waals surface area contributed by atoms with E-state index in [4.69, 9.17) is 19.0 Å². The number of hydrogen-bond acceptors (Lipinski definition) is 8. The molecule has 6 aromatic rings. The van der Waals surface area contributed by atoms with Crippen LogP contribution in [0.4, 0.5) is 0 Å². The van der Waals surface area contributed by atoms with Gasteiger partial charge in [0.15, 0.2) is 23.1 Å². The fraction of sp³-hybridized carbons (Fsp3) is 0.103. The maximum Gasteiger partial charge on any atom is 0.291 e. The van der Waals surface area contributed by atoms with E-state index >= 15 is 0 Å². The number of methoxy groups -OCH3 is 1. The van der Waals surface area contributed by atoms with Gasteiger partial charge in [0.25, 0.3) is 5.56 Å². The minimum atomic E-state index is -0.247. The first-order chi connectivity index (χ1) is 19.1. The lowest BCUT2D eigenvalue weighted by Gasteiger charge is -2.09. The number of nitrogens with zero attached hydrogens (tertiary/aromatic N) is 5. The first-order valence-electron chi connectivity index (χ1n) is 12.2. The first-order valence-corrected chi connectivity index (χ1v) is 13.0. The van der Waals surface area contributed by atoms with Crippen molar-refractivity contribution in [3.8, 4) is 28.6 Å². The second-order valence-corrected chi connectivity index (χ2v) is 9.46. The molecule has 0 aliphatic rings. The molecule has 0 fully saturated rings. The van der Waals surface area contributed by atoms with Gasteiger partial charge in [0, 0.05) is 11.8 Å². The van der Waals surface area contributed by atoms with Crippen molar-refractivity contribution < 1.29 is 13.9 Å². The molecule has 0 bridgehead atoms. The normalized spacial score (nSPS) is 12.1. The molecule has 0 aliphatic heterocycles. The maximum atomic E-state index is 13.2. The Hall–Kier alpha value is -4.96. The predicted octanol–water partition coefficient (Wildman–Crippen LogP) is 4.72. The first kappa shape index (κ1) is 24.4. The molecule has 0 saturated heterocycles. The monoisotopic (exact) mass is 537 g/mol. The SMILES string of the molecule is CCOc1ccc(/C=C/c2nc3s/c(=C\c4cn(-c5ccccc5)nc4-c4ccco4)c(=O)n3n2)cc1OC. The fourth-order valence-corrected chi connectivity index (χ4v) is 5.01. The third-order valence-electron chi connectivity index (χ3n) is 5.92. The van der Waals surface area contributed by atoms with Crippen LogP contribution in [-0.4, -0.2) is 38.1 Å². The highest BCUT2D eigenvalue weighted by molar-refractivity contribution is 7.15. The van der Waals surface area contributed by atoms with E-state index in [1.54, 1.807) is 36.3 Å². The van der Waals surface area contributed by atoms with Gasteiger partial charge in [-0.05, 0) is 61.0 Å².